The molecule has 530 valence electrons. The van der Waals surface area contributed by atoms with Crippen molar-refractivity contribution in [2.75, 3.05) is 0 Å². The molecule has 0 saturated carbocycles. The summed E-state index contributed by atoms with van der Waals surface area (Å²) in [5, 5.41) is 22.0. The maximum absolute atomic E-state index is 6.48. The molecular formula is C110H68N2O2. The van der Waals surface area contributed by atoms with Crippen LogP contribution in [-0.2, 0) is 0 Å². The number of hydrogen-bond acceptors (Lipinski definition) is 2. The highest BCUT2D eigenvalue weighted by Crippen LogP contribution is 2.50. The summed E-state index contributed by atoms with van der Waals surface area (Å²) in [6, 6.07) is 150. The van der Waals surface area contributed by atoms with Crippen LogP contribution in [0, 0.1) is 0 Å². The van der Waals surface area contributed by atoms with Gasteiger partial charge in [-0.2, -0.15) is 0 Å². The van der Waals surface area contributed by atoms with E-state index in [9.17, 15) is 0 Å². The Morgan fingerprint density at radius 3 is 1.01 bits per heavy atom. The van der Waals surface area contributed by atoms with Crippen LogP contribution in [0.15, 0.2) is 421 Å². The van der Waals surface area contributed by atoms with Crippen LogP contribution in [0.5, 0.6) is 0 Å². The molecule has 0 atom stereocenters. The van der Waals surface area contributed by atoms with Crippen molar-refractivity contribution in [1.82, 2.24) is 9.13 Å². The Balaban J connectivity index is 0.000000137. The number of hydrogen-bond donors (Lipinski definition) is 0. The van der Waals surface area contributed by atoms with Crippen LogP contribution >= 0.6 is 0 Å². The summed E-state index contributed by atoms with van der Waals surface area (Å²) in [4.78, 5) is 0. The van der Waals surface area contributed by atoms with Crippen molar-refractivity contribution < 1.29 is 8.83 Å². The van der Waals surface area contributed by atoms with Gasteiger partial charge in [0, 0.05) is 65.5 Å². The highest BCUT2D eigenvalue weighted by atomic mass is 16.3. The second-order valence-electron chi connectivity index (χ2n) is 29.9. The molecule has 0 aliphatic carbocycles. The molecule has 0 aliphatic heterocycles. The maximum atomic E-state index is 6.48. The quantitative estimate of drug-likeness (QED) is 0.135. The highest BCUT2D eigenvalue weighted by Gasteiger charge is 2.25. The Bertz CT molecular complexity index is 7910. The fraction of sp³-hybridized carbons (Fsp3) is 0. The lowest BCUT2D eigenvalue weighted by Gasteiger charge is -2.20. The summed E-state index contributed by atoms with van der Waals surface area (Å²) in [7, 11) is 0. The number of aromatic nitrogens is 2. The molecule has 0 fully saturated rings. The number of fused-ring (bicyclic) bond motifs is 17. The first-order valence-corrected chi connectivity index (χ1v) is 39.2. The molecule has 4 aromatic heterocycles. The first-order valence-electron chi connectivity index (χ1n) is 39.2. The zero-order valence-electron chi connectivity index (χ0n) is 62.0. The standard InChI is InChI=1S/C60H37NO.C50H31NO/c1-2-15-44-38(13-1)14-11-22-45(44)39-27-29-40(30-28-39)58-49-18-3-5-20-51(49)59(52-21-6-4-19-50(52)58)41-31-34-43(35-32-41)61-55-25-9-7-16-47(55)54-37-42(33-36-56(54)61)46-23-12-24-53-48-17-8-10-26-57(48)62-60(46)53;1-2-15-32(16-3-1)48-37-19-4-6-21-39(37)49(40-22-7-5-20-38(40)48)42-23-9-12-27-45(42)51-44-26-11-8-17-35(44)43-31-33(29-30-46(43)51)34-24-14-25-41-36-18-10-13-28-47(36)52-50(34)41/h1-37H;1-31H. The van der Waals surface area contributed by atoms with Gasteiger partial charge < -0.3 is 18.0 Å². The lowest BCUT2D eigenvalue weighted by molar-refractivity contribution is 0.669. The predicted molar refractivity (Wildman–Crippen MR) is 482 cm³/mol. The Morgan fingerprint density at radius 2 is 0.491 bits per heavy atom. The van der Waals surface area contributed by atoms with E-state index in [1.54, 1.807) is 0 Å². The Kier molecular flexibility index (Phi) is 15.0. The second-order valence-corrected chi connectivity index (χ2v) is 29.9. The molecule has 24 aromatic rings. The van der Waals surface area contributed by atoms with E-state index in [1.165, 1.54) is 153 Å². The van der Waals surface area contributed by atoms with E-state index >= 15 is 0 Å². The number of nitrogens with zero attached hydrogens (tertiary/aromatic N) is 2. The van der Waals surface area contributed by atoms with Crippen molar-refractivity contribution in [3.63, 3.8) is 0 Å². The molecule has 20 aromatic carbocycles. The summed E-state index contributed by atoms with van der Waals surface area (Å²) in [5.41, 5.74) is 27.5. The largest absolute Gasteiger partial charge is 0.455 e. The van der Waals surface area contributed by atoms with Crippen molar-refractivity contribution in [1.29, 1.82) is 0 Å². The number of rotatable bonds is 9. The molecule has 0 saturated heterocycles. The van der Waals surface area contributed by atoms with Gasteiger partial charge in [0.15, 0.2) is 0 Å². The number of furan rings is 2. The van der Waals surface area contributed by atoms with Crippen LogP contribution in [0.3, 0.4) is 0 Å². The molecule has 24 rings (SSSR count). The van der Waals surface area contributed by atoms with Crippen LogP contribution in [0.2, 0.25) is 0 Å². The van der Waals surface area contributed by atoms with E-state index in [-0.39, 0.29) is 0 Å². The minimum absolute atomic E-state index is 0.913. The smallest absolute Gasteiger partial charge is 0.143 e. The molecule has 114 heavy (non-hydrogen) atoms. The van der Waals surface area contributed by atoms with Gasteiger partial charge in [-0.1, -0.05) is 346 Å². The minimum atomic E-state index is 0.913. The van der Waals surface area contributed by atoms with Crippen molar-refractivity contribution in [3.05, 3.63) is 413 Å². The molecule has 0 bridgehead atoms. The molecule has 0 spiro atoms. The summed E-state index contributed by atoms with van der Waals surface area (Å²) >= 11 is 0. The Hall–Kier alpha value is -15.1. The van der Waals surface area contributed by atoms with E-state index in [1.807, 2.05) is 18.2 Å². The van der Waals surface area contributed by atoms with Crippen LogP contribution in [0.25, 0.3) is 231 Å². The fourth-order valence-electron chi connectivity index (χ4n) is 18.8. The average Bonchev–Trinajstić information content (AvgIpc) is 0.970. The zero-order chi connectivity index (χ0) is 74.9. The second kappa shape index (κ2) is 26.3. The summed E-state index contributed by atoms with van der Waals surface area (Å²) in [5.74, 6) is 0. The fourth-order valence-corrected chi connectivity index (χ4v) is 18.8. The highest BCUT2D eigenvalue weighted by molar-refractivity contribution is 6.25. The molecule has 0 amide bonds. The number of benzene rings is 20. The normalized spacial score (nSPS) is 11.9. The Morgan fingerprint density at radius 1 is 0.167 bits per heavy atom. The van der Waals surface area contributed by atoms with E-state index in [4.69, 9.17) is 8.83 Å². The van der Waals surface area contributed by atoms with Gasteiger partial charge in [0.2, 0.25) is 0 Å². The van der Waals surface area contributed by atoms with Crippen LogP contribution in [-0.4, -0.2) is 9.13 Å². The predicted octanol–water partition coefficient (Wildman–Crippen LogP) is 30.8. The van der Waals surface area contributed by atoms with E-state index < -0.39 is 0 Å². The third-order valence-electron chi connectivity index (χ3n) is 23.8. The topological polar surface area (TPSA) is 36.1 Å². The average molecular weight is 1450 g/mol. The molecule has 0 unspecified atom stereocenters. The molecule has 0 radical (unpaired) electrons. The van der Waals surface area contributed by atoms with Crippen LogP contribution in [0.4, 0.5) is 0 Å². The first kappa shape index (κ1) is 64.8. The monoisotopic (exact) mass is 1450 g/mol. The maximum Gasteiger partial charge on any atom is 0.143 e. The van der Waals surface area contributed by atoms with E-state index in [2.05, 4.69) is 403 Å². The van der Waals surface area contributed by atoms with Gasteiger partial charge in [-0.05, 0) is 182 Å². The number of para-hydroxylation sites is 7. The van der Waals surface area contributed by atoms with Gasteiger partial charge in [0.05, 0.1) is 27.8 Å². The van der Waals surface area contributed by atoms with Gasteiger partial charge in [0.25, 0.3) is 0 Å². The molecule has 0 N–H and O–H groups in total. The molecule has 4 nitrogen and oxygen atoms in total. The van der Waals surface area contributed by atoms with Crippen molar-refractivity contribution in [2.24, 2.45) is 0 Å². The van der Waals surface area contributed by atoms with Gasteiger partial charge in [-0.3, -0.25) is 0 Å². The zero-order valence-corrected chi connectivity index (χ0v) is 62.0. The van der Waals surface area contributed by atoms with E-state index in [0.717, 1.165) is 77.5 Å². The summed E-state index contributed by atoms with van der Waals surface area (Å²) < 4.78 is 17.8. The van der Waals surface area contributed by atoms with Crippen LogP contribution < -0.4 is 0 Å². The third-order valence-corrected chi connectivity index (χ3v) is 23.8. The van der Waals surface area contributed by atoms with Crippen molar-refractivity contribution in [3.8, 4) is 89.3 Å². The summed E-state index contributed by atoms with van der Waals surface area (Å²) in [6.45, 7) is 0. The van der Waals surface area contributed by atoms with Crippen molar-refractivity contribution in [2.45, 2.75) is 0 Å². The van der Waals surface area contributed by atoms with Crippen LogP contribution in [0.1, 0.15) is 0 Å². The lowest BCUT2D eigenvalue weighted by atomic mass is 9.85. The molecule has 4 heteroatoms. The summed E-state index contributed by atoms with van der Waals surface area (Å²) in [6.07, 6.45) is 0. The van der Waals surface area contributed by atoms with Gasteiger partial charge in [0.1, 0.15) is 22.3 Å². The van der Waals surface area contributed by atoms with E-state index in [0.29, 0.717) is 0 Å². The van der Waals surface area contributed by atoms with Crippen molar-refractivity contribution >= 4 is 141 Å². The minimum Gasteiger partial charge on any atom is -0.455 e. The SMILES string of the molecule is c1ccc(-c2c3ccccc3c(-c3ccccc3-n3c4ccccc4c4cc(-c5cccc6c5oc5ccccc56)ccc43)c3ccccc23)cc1.c1ccc2c(-c3ccc(-c4c5ccccc5c(-c5ccc(-n6c7ccccc7c7cc(-c8cccc9c8oc8ccccc89)ccc76)cc5)c5ccccc45)cc3)cccc2c1. The van der Waals surface area contributed by atoms with Gasteiger partial charge in [-0.25, -0.2) is 0 Å². The molecular weight excluding hydrogens is 1380 g/mol. The first-order chi connectivity index (χ1) is 56.6. The molecule has 0 aliphatic rings. The van der Waals surface area contributed by atoms with Gasteiger partial charge in [-0.15, -0.1) is 0 Å². The Labute approximate surface area is 656 Å². The third kappa shape index (κ3) is 10.2. The lowest BCUT2D eigenvalue weighted by Crippen LogP contribution is -1.98. The molecule has 4 heterocycles. The van der Waals surface area contributed by atoms with Gasteiger partial charge >= 0.3 is 0 Å².